The van der Waals surface area contributed by atoms with Gasteiger partial charge >= 0.3 is 0 Å². The zero-order valence-electron chi connectivity index (χ0n) is 10.9. The van der Waals surface area contributed by atoms with Crippen LogP contribution in [0, 0.1) is 0 Å². The quantitative estimate of drug-likeness (QED) is 0.831. The predicted molar refractivity (Wildman–Crippen MR) is 74.5 cm³/mol. The maximum atomic E-state index is 5.82. The Bertz CT molecular complexity index is 380. The number of anilines is 1. The Morgan fingerprint density at radius 2 is 2.11 bits per heavy atom. The Morgan fingerprint density at radius 3 is 2.83 bits per heavy atom. The lowest BCUT2D eigenvalue weighted by atomic mass is 10.0. The van der Waals surface area contributed by atoms with E-state index in [1.807, 2.05) is 24.8 Å². The minimum atomic E-state index is 0.444. The third-order valence-corrected chi connectivity index (χ3v) is 4.30. The number of thioether (sulfide) groups is 1. The smallest absolute Gasteiger partial charge is 0.157 e. The molecule has 0 aromatic carbocycles. The summed E-state index contributed by atoms with van der Waals surface area (Å²) in [5, 5.41) is 1.68. The normalized spacial score (nSPS) is 16.9. The maximum Gasteiger partial charge on any atom is 0.157 e. The molecular formula is C13H21N3OS. The Morgan fingerprint density at radius 1 is 1.33 bits per heavy atom. The van der Waals surface area contributed by atoms with Crippen LogP contribution >= 0.6 is 11.8 Å². The van der Waals surface area contributed by atoms with Gasteiger partial charge in [0.05, 0.1) is 0 Å². The number of nitrogen functional groups attached to an aromatic ring is 1. The fraction of sp³-hybridized carbons (Fsp3) is 0.692. The van der Waals surface area contributed by atoms with E-state index in [1.54, 1.807) is 0 Å². The molecule has 1 saturated carbocycles. The van der Waals surface area contributed by atoms with E-state index in [0.29, 0.717) is 30.1 Å². The van der Waals surface area contributed by atoms with Crippen molar-refractivity contribution < 1.29 is 4.74 Å². The number of hydrogen-bond acceptors (Lipinski definition) is 5. The Labute approximate surface area is 113 Å². The topological polar surface area (TPSA) is 61.0 Å². The number of nitrogens with zero attached hydrogens (tertiary/aromatic N) is 2. The molecule has 1 aromatic heterocycles. The summed E-state index contributed by atoms with van der Waals surface area (Å²) in [4.78, 5) is 8.70. The second-order valence-electron chi connectivity index (χ2n) is 4.56. The van der Waals surface area contributed by atoms with Gasteiger partial charge in [0.15, 0.2) is 5.82 Å². The molecule has 1 aliphatic carbocycles. The molecule has 2 rings (SSSR count). The van der Waals surface area contributed by atoms with Crippen LogP contribution in [-0.4, -0.2) is 21.8 Å². The standard InChI is InChI=1S/C13H21N3OS/c1-2-17-9-12-15-11(14)8-13(16-12)18-10-6-4-3-5-7-10/h8,10H,2-7,9H2,1H3,(H2,14,15,16). The summed E-state index contributed by atoms with van der Waals surface area (Å²) in [6.45, 7) is 3.08. The number of ether oxygens (including phenoxy) is 1. The van der Waals surface area contributed by atoms with Crippen molar-refractivity contribution in [1.82, 2.24) is 9.97 Å². The highest BCUT2D eigenvalue weighted by Gasteiger charge is 2.16. The van der Waals surface area contributed by atoms with Gasteiger partial charge in [-0.3, -0.25) is 0 Å². The van der Waals surface area contributed by atoms with Crippen molar-refractivity contribution in [3.63, 3.8) is 0 Å². The lowest BCUT2D eigenvalue weighted by molar-refractivity contribution is 0.128. The SMILES string of the molecule is CCOCc1nc(N)cc(SC2CCCCC2)n1. The summed E-state index contributed by atoms with van der Waals surface area (Å²) in [6.07, 6.45) is 6.62. The first-order chi connectivity index (χ1) is 8.78. The average molecular weight is 267 g/mol. The fourth-order valence-corrected chi connectivity index (χ4v) is 3.42. The molecular weight excluding hydrogens is 246 g/mol. The molecule has 1 fully saturated rings. The molecule has 0 radical (unpaired) electrons. The first-order valence-electron chi connectivity index (χ1n) is 6.65. The van der Waals surface area contributed by atoms with Crippen LogP contribution in [0.5, 0.6) is 0 Å². The highest BCUT2D eigenvalue weighted by Crippen LogP contribution is 2.33. The first kappa shape index (κ1) is 13.6. The monoisotopic (exact) mass is 267 g/mol. The predicted octanol–water partition coefficient (Wildman–Crippen LogP) is 3.02. The molecule has 0 saturated heterocycles. The van der Waals surface area contributed by atoms with E-state index >= 15 is 0 Å². The second-order valence-corrected chi connectivity index (χ2v) is 5.88. The van der Waals surface area contributed by atoms with Gasteiger partial charge in [0, 0.05) is 17.9 Å². The summed E-state index contributed by atoms with van der Waals surface area (Å²) in [5.41, 5.74) is 5.82. The lowest BCUT2D eigenvalue weighted by Gasteiger charge is -2.20. The first-order valence-corrected chi connectivity index (χ1v) is 7.53. The van der Waals surface area contributed by atoms with Gasteiger partial charge < -0.3 is 10.5 Å². The van der Waals surface area contributed by atoms with Crippen LogP contribution in [0.1, 0.15) is 44.9 Å². The van der Waals surface area contributed by atoms with Crippen LogP contribution in [0.25, 0.3) is 0 Å². The van der Waals surface area contributed by atoms with Crippen LogP contribution in [0.15, 0.2) is 11.1 Å². The van der Waals surface area contributed by atoms with Crippen molar-refractivity contribution >= 4 is 17.6 Å². The van der Waals surface area contributed by atoms with Gasteiger partial charge in [0.2, 0.25) is 0 Å². The summed E-state index contributed by atoms with van der Waals surface area (Å²) >= 11 is 1.84. The fourth-order valence-electron chi connectivity index (χ4n) is 2.16. The van der Waals surface area contributed by atoms with Gasteiger partial charge in [0.1, 0.15) is 17.5 Å². The van der Waals surface area contributed by atoms with Crippen LogP contribution in [0.3, 0.4) is 0 Å². The Hall–Kier alpha value is -0.810. The maximum absolute atomic E-state index is 5.82. The Balaban J connectivity index is 1.99. The van der Waals surface area contributed by atoms with Gasteiger partial charge in [-0.05, 0) is 19.8 Å². The molecule has 0 atom stereocenters. The molecule has 0 spiro atoms. The second kappa shape index (κ2) is 6.95. The third-order valence-electron chi connectivity index (χ3n) is 3.04. The third kappa shape index (κ3) is 4.14. The molecule has 18 heavy (non-hydrogen) atoms. The molecule has 0 amide bonds. The van der Waals surface area contributed by atoms with Gasteiger partial charge in [-0.1, -0.05) is 19.3 Å². The minimum Gasteiger partial charge on any atom is -0.384 e. The molecule has 100 valence electrons. The van der Waals surface area contributed by atoms with E-state index in [4.69, 9.17) is 10.5 Å². The van der Waals surface area contributed by atoms with Crippen LogP contribution in [-0.2, 0) is 11.3 Å². The highest BCUT2D eigenvalue weighted by atomic mass is 32.2. The largest absolute Gasteiger partial charge is 0.384 e. The van der Waals surface area contributed by atoms with E-state index in [2.05, 4.69) is 9.97 Å². The molecule has 0 bridgehead atoms. The number of hydrogen-bond donors (Lipinski definition) is 1. The summed E-state index contributed by atoms with van der Waals surface area (Å²) in [5.74, 6) is 1.23. The van der Waals surface area contributed by atoms with E-state index < -0.39 is 0 Å². The van der Waals surface area contributed by atoms with Crippen molar-refractivity contribution in [2.45, 2.75) is 55.9 Å². The van der Waals surface area contributed by atoms with Gasteiger partial charge in [-0.25, -0.2) is 9.97 Å². The zero-order valence-corrected chi connectivity index (χ0v) is 11.7. The summed E-state index contributed by atoms with van der Waals surface area (Å²) < 4.78 is 5.33. The van der Waals surface area contributed by atoms with Crippen molar-refractivity contribution in [3.05, 3.63) is 11.9 Å². The van der Waals surface area contributed by atoms with Gasteiger partial charge in [0.25, 0.3) is 0 Å². The zero-order chi connectivity index (χ0) is 12.8. The molecule has 0 unspecified atom stereocenters. The highest BCUT2D eigenvalue weighted by molar-refractivity contribution is 7.99. The molecule has 0 aliphatic heterocycles. The molecule has 2 N–H and O–H groups in total. The van der Waals surface area contributed by atoms with Crippen molar-refractivity contribution in [3.8, 4) is 0 Å². The van der Waals surface area contributed by atoms with Crippen molar-refractivity contribution in [2.24, 2.45) is 0 Å². The number of aromatic nitrogens is 2. The summed E-state index contributed by atoms with van der Waals surface area (Å²) in [7, 11) is 0. The van der Waals surface area contributed by atoms with E-state index in [0.717, 1.165) is 5.03 Å². The van der Waals surface area contributed by atoms with Crippen molar-refractivity contribution in [2.75, 3.05) is 12.3 Å². The summed E-state index contributed by atoms with van der Waals surface area (Å²) in [6, 6.07) is 1.87. The average Bonchev–Trinajstić information content (AvgIpc) is 2.37. The van der Waals surface area contributed by atoms with E-state index in [-0.39, 0.29) is 0 Å². The molecule has 1 aromatic rings. The van der Waals surface area contributed by atoms with E-state index in [9.17, 15) is 0 Å². The number of nitrogens with two attached hydrogens (primary N) is 1. The van der Waals surface area contributed by atoms with E-state index in [1.165, 1.54) is 32.1 Å². The molecule has 4 nitrogen and oxygen atoms in total. The van der Waals surface area contributed by atoms with Crippen LogP contribution in [0.2, 0.25) is 0 Å². The van der Waals surface area contributed by atoms with Crippen LogP contribution < -0.4 is 5.73 Å². The molecule has 1 heterocycles. The lowest BCUT2D eigenvalue weighted by Crippen LogP contribution is -2.09. The van der Waals surface area contributed by atoms with Crippen molar-refractivity contribution in [1.29, 1.82) is 0 Å². The van der Waals surface area contributed by atoms with Crippen LogP contribution in [0.4, 0.5) is 5.82 Å². The van der Waals surface area contributed by atoms with Gasteiger partial charge in [-0.15, -0.1) is 11.8 Å². The number of rotatable bonds is 5. The Kier molecular flexibility index (Phi) is 5.26. The molecule has 5 heteroatoms. The minimum absolute atomic E-state index is 0.444. The molecule has 1 aliphatic rings. The van der Waals surface area contributed by atoms with Gasteiger partial charge in [-0.2, -0.15) is 0 Å².